The number of aromatic nitrogens is 2. The monoisotopic (exact) mass is 464 g/mol. The molecule has 0 radical (unpaired) electrons. The van der Waals surface area contributed by atoms with Crippen LogP contribution in [0.2, 0.25) is 0 Å². The van der Waals surface area contributed by atoms with Crippen LogP contribution in [0.15, 0.2) is 91.1 Å². The highest BCUT2D eigenvalue weighted by atomic mass is 16.2. The van der Waals surface area contributed by atoms with Crippen LogP contribution < -0.4 is 5.32 Å². The summed E-state index contributed by atoms with van der Waals surface area (Å²) in [4.78, 5) is 45.8. The number of hydrogen-bond acceptors (Lipinski definition) is 4. The number of nitrogens with zero attached hydrogens (tertiary/aromatic N) is 3. The number of imide groups is 1. The van der Waals surface area contributed by atoms with Crippen molar-refractivity contribution in [1.29, 1.82) is 0 Å². The number of aryl methyl sites for hydroxylation is 1. The Bertz CT molecular complexity index is 1370. The van der Waals surface area contributed by atoms with Gasteiger partial charge in [0, 0.05) is 23.1 Å². The molecule has 174 valence electrons. The molecule has 3 amide bonds. The van der Waals surface area contributed by atoms with Gasteiger partial charge in [-0.25, -0.2) is 9.78 Å². The molecule has 0 spiro atoms. The molecular weight excluding hydrogens is 440 g/mol. The van der Waals surface area contributed by atoms with E-state index in [1.807, 2.05) is 73.0 Å². The SMILES string of the molecule is Cc1cc(C(=O)CN2C(=O)NC(c3ccccc3)(c3ccccc3)C2=O)c(C)n1-c1ccccn1. The van der Waals surface area contributed by atoms with E-state index in [0.29, 0.717) is 28.2 Å². The van der Waals surface area contributed by atoms with Crippen molar-refractivity contribution in [3.63, 3.8) is 0 Å². The Morgan fingerprint density at radius 2 is 1.49 bits per heavy atom. The Labute approximate surface area is 203 Å². The zero-order valence-corrected chi connectivity index (χ0v) is 19.4. The lowest BCUT2D eigenvalue weighted by atomic mass is 9.82. The highest BCUT2D eigenvalue weighted by Gasteiger charge is 2.54. The second-order valence-corrected chi connectivity index (χ2v) is 8.53. The van der Waals surface area contributed by atoms with Gasteiger partial charge in [-0.1, -0.05) is 66.7 Å². The minimum atomic E-state index is -1.40. The number of benzene rings is 2. The molecule has 5 rings (SSSR count). The number of rotatable bonds is 6. The number of carbonyl (C=O) groups is 3. The lowest BCUT2D eigenvalue weighted by molar-refractivity contribution is -0.129. The number of hydrogen-bond donors (Lipinski definition) is 1. The van der Waals surface area contributed by atoms with Crippen molar-refractivity contribution in [2.24, 2.45) is 0 Å². The molecule has 0 aliphatic carbocycles. The molecule has 4 aromatic rings. The maximum absolute atomic E-state index is 13.9. The van der Waals surface area contributed by atoms with E-state index < -0.39 is 17.5 Å². The first kappa shape index (κ1) is 22.3. The van der Waals surface area contributed by atoms with Crippen LogP contribution >= 0.6 is 0 Å². The summed E-state index contributed by atoms with van der Waals surface area (Å²) in [5.41, 5.74) is 1.86. The summed E-state index contributed by atoms with van der Waals surface area (Å²) in [7, 11) is 0. The van der Waals surface area contributed by atoms with Gasteiger partial charge in [-0.15, -0.1) is 0 Å². The highest BCUT2D eigenvalue weighted by Crippen LogP contribution is 2.36. The van der Waals surface area contributed by atoms with Gasteiger partial charge in [0.05, 0.1) is 6.54 Å². The van der Waals surface area contributed by atoms with E-state index in [1.54, 1.807) is 36.5 Å². The van der Waals surface area contributed by atoms with E-state index in [4.69, 9.17) is 0 Å². The molecule has 0 atom stereocenters. The molecular formula is C28H24N4O3. The van der Waals surface area contributed by atoms with Crippen LogP contribution in [0.25, 0.3) is 5.82 Å². The van der Waals surface area contributed by atoms with Gasteiger partial charge in [0.25, 0.3) is 5.91 Å². The van der Waals surface area contributed by atoms with Crippen molar-refractivity contribution in [3.05, 3.63) is 119 Å². The topological polar surface area (TPSA) is 84.3 Å². The molecule has 1 aliphatic rings. The fourth-order valence-corrected chi connectivity index (χ4v) is 4.77. The van der Waals surface area contributed by atoms with Crippen LogP contribution in [0.3, 0.4) is 0 Å². The summed E-state index contributed by atoms with van der Waals surface area (Å²) in [6, 6.07) is 24.9. The predicted molar refractivity (Wildman–Crippen MR) is 131 cm³/mol. The van der Waals surface area contributed by atoms with E-state index in [1.165, 1.54) is 0 Å². The third kappa shape index (κ3) is 3.61. The summed E-state index contributed by atoms with van der Waals surface area (Å²) in [5, 5.41) is 2.88. The molecule has 7 nitrogen and oxygen atoms in total. The highest BCUT2D eigenvalue weighted by molar-refractivity contribution is 6.13. The largest absolute Gasteiger partial charge is 0.325 e. The van der Waals surface area contributed by atoms with Gasteiger partial charge in [0.2, 0.25) is 0 Å². The number of pyridine rings is 1. The van der Waals surface area contributed by atoms with Crippen molar-refractivity contribution >= 4 is 17.7 Å². The number of Topliss-reactive ketones (excluding diaryl/α,β-unsaturated/α-hetero) is 1. The van der Waals surface area contributed by atoms with Crippen LogP contribution in [0.5, 0.6) is 0 Å². The second-order valence-electron chi connectivity index (χ2n) is 8.53. The molecule has 1 N–H and O–H groups in total. The fraction of sp³-hybridized carbons (Fsp3) is 0.143. The van der Waals surface area contributed by atoms with E-state index >= 15 is 0 Å². The van der Waals surface area contributed by atoms with Crippen molar-refractivity contribution < 1.29 is 14.4 Å². The van der Waals surface area contributed by atoms with Gasteiger partial charge in [0.1, 0.15) is 5.82 Å². The predicted octanol–water partition coefficient (Wildman–Crippen LogP) is 4.17. The van der Waals surface area contributed by atoms with Gasteiger partial charge in [-0.05, 0) is 43.2 Å². The molecule has 1 aliphatic heterocycles. The average molecular weight is 465 g/mol. The number of amides is 3. The molecule has 2 aromatic carbocycles. The average Bonchev–Trinajstić information content (AvgIpc) is 3.33. The van der Waals surface area contributed by atoms with Crippen LogP contribution in [-0.4, -0.2) is 38.7 Å². The first-order valence-electron chi connectivity index (χ1n) is 11.3. The fourth-order valence-electron chi connectivity index (χ4n) is 4.77. The molecule has 7 heteroatoms. The van der Waals surface area contributed by atoms with Crippen LogP contribution in [0, 0.1) is 13.8 Å². The molecule has 1 saturated heterocycles. The Hall–Kier alpha value is -4.52. The van der Waals surface area contributed by atoms with Crippen molar-refractivity contribution in [2.75, 3.05) is 6.54 Å². The lowest BCUT2D eigenvalue weighted by Gasteiger charge is -2.28. The number of urea groups is 1. The van der Waals surface area contributed by atoms with E-state index in [9.17, 15) is 14.4 Å². The Kier molecular flexibility index (Phi) is 5.53. The van der Waals surface area contributed by atoms with Crippen LogP contribution in [0.1, 0.15) is 32.9 Å². The van der Waals surface area contributed by atoms with Gasteiger partial charge in [-0.2, -0.15) is 0 Å². The number of nitrogens with one attached hydrogen (secondary N) is 1. The molecule has 35 heavy (non-hydrogen) atoms. The molecule has 1 fully saturated rings. The molecule has 0 saturated carbocycles. The summed E-state index contributed by atoms with van der Waals surface area (Å²) in [5.74, 6) is -0.101. The standard InChI is InChI=1S/C28H24N4O3/c1-19-17-23(20(2)32(19)25-15-9-10-16-29-25)24(33)18-31-26(34)28(30-27(31)35,21-11-5-3-6-12-21)22-13-7-4-8-14-22/h3-17H,18H2,1-2H3,(H,30,35). The van der Waals surface area contributed by atoms with E-state index in [0.717, 1.165) is 10.6 Å². The minimum Gasteiger partial charge on any atom is -0.315 e. The smallest absolute Gasteiger partial charge is 0.315 e. The van der Waals surface area contributed by atoms with Gasteiger partial charge < -0.3 is 9.88 Å². The maximum atomic E-state index is 13.9. The first-order chi connectivity index (χ1) is 16.9. The zero-order valence-electron chi connectivity index (χ0n) is 19.4. The van der Waals surface area contributed by atoms with Gasteiger partial charge >= 0.3 is 6.03 Å². The van der Waals surface area contributed by atoms with Crippen LogP contribution in [0.4, 0.5) is 4.79 Å². The normalized spacial score (nSPS) is 14.7. The van der Waals surface area contributed by atoms with Crippen molar-refractivity contribution in [1.82, 2.24) is 19.8 Å². The minimum absolute atomic E-state index is 0.319. The van der Waals surface area contributed by atoms with E-state index in [-0.39, 0.29) is 12.3 Å². The maximum Gasteiger partial charge on any atom is 0.325 e. The zero-order chi connectivity index (χ0) is 24.6. The summed E-state index contributed by atoms with van der Waals surface area (Å²) in [6.07, 6.45) is 1.69. The van der Waals surface area contributed by atoms with Gasteiger partial charge in [-0.3, -0.25) is 14.5 Å². The molecule has 3 heterocycles. The van der Waals surface area contributed by atoms with Crippen molar-refractivity contribution in [2.45, 2.75) is 19.4 Å². The molecule has 2 aromatic heterocycles. The molecule has 0 bridgehead atoms. The Balaban J connectivity index is 1.50. The molecule has 0 unspecified atom stereocenters. The number of carbonyl (C=O) groups excluding carboxylic acids is 3. The van der Waals surface area contributed by atoms with Crippen molar-refractivity contribution in [3.8, 4) is 5.82 Å². The van der Waals surface area contributed by atoms with Crippen LogP contribution in [-0.2, 0) is 10.3 Å². The van der Waals surface area contributed by atoms with Gasteiger partial charge in [0.15, 0.2) is 11.3 Å². The Morgan fingerprint density at radius 1 is 0.886 bits per heavy atom. The number of ketones is 1. The first-order valence-corrected chi connectivity index (χ1v) is 11.3. The lowest BCUT2D eigenvalue weighted by Crippen LogP contribution is -2.45. The Morgan fingerprint density at radius 3 is 2.06 bits per heavy atom. The summed E-state index contributed by atoms with van der Waals surface area (Å²) in [6.45, 7) is 3.36. The third-order valence-corrected chi connectivity index (χ3v) is 6.43. The summed E-state index contributed by atoms with van der Waals surface area (Å²) < 4.78 is 1.89. The quantitative estimate of drug-likeness (QED) is 0.343. The van der Waals surface area contributed by atoms with E-state index in [2.05, 4.69) is 10.3 Å². The summed E-state index contributed by atoms with van der Waals surface area (Å²) >= 11 is 0. The third-order valence-electron chi connectivity index (χ3n) is 6.43. The second kappa shape index (κ2) is 8.68.